The Kier molecular flexibility index (Phi) is 2.64. The summed E-state index contributed by atoms with van der Waals surface area (Å²) in [5, 5.41) is 14.2. The minimum Gasteiger partial charge on any atom is -0.481 e. The smallest absolute Gasteiger partial charge is 0.307 e. The van der Waals surface area contributed by atoms with Gasteiger partial charge in [-0.3, -0.25) is 9.48 Å². The van der Waals surface area contributed by atoms with Crippen molar-refractivity contribution in [2.45, 2.75) is 26.3 Å². The highest BCUT2D eigenvalue weighted by molar-refractivity contribution is 5.85. The van der Waals surface area contributed by atoms with Crippen molar-refractivity contribution in [2.75, 3.05) is 0 Å². The second-order valence-corrected chi connectivity index (χ2v) is 4.13. The Morgan fingerprint density at radius 1 is 1.50 bits per heavy atom. The van der Waals surface area contributed by atoms with E-state index in [1.54, 1.807) is 0 Å². The number of aliphatic carboxylic acids is 1. The van der Waals surface area contributed by atoms with E-state index < -0.39 is 5.97 Å². The van der Waals surface area contributed by atoms with Crippen molar-refractivity contribution in [1.82, 2.24) is 9.78 Å². The van der Waals surface area contributed by atoms with Gasteiger partial charge in [-0.15, -0.1) is 0 Å². The largest absolute Gasteiger partial charge is 0.481 e. The van der Waals surface area contributed by atoms with Crippen LogP contribution >= 0.6 is 0 Å². The molecule has 1 heterocycles. The lowest BCUT2D eigenvalue weighted by Gasteiger charge is -2.02. The molecule has 0 atom stereocenters. The molecule has 0 saturated heterocycles. The fourth-order valence-electron chi connectivity index (χ4n) is 1.69. The molecular formula is C12H14N2O2. The van der Waals surface area contributed by atoms with E-state index in [1.165, 1.54) is 0 Å². The molecule has 0 amide bonds. The van der Waals surface area contributed by atoms with E-state index in [9.17, 15) is 4.79 Å². The van der Waals surface area contributed by atoms with Gasteiger partial charge in [-0.1, -0.05) is 18.2 Å². The summed E-state index contributed by atoms with van der Waals surface area (Å²) in [5.74, 6) is -0.827. The van der Waals surface area contributed by atoms with Crippen LogP contribution in [0.2, 0.25) is 0 Å². The van der Waals surface area contributed by atoms with Crippen molar-refractivity contribution in [3.05, 3.63) is 30.0 Å². The second kappa shape index (κ2) is 3.96. The molecule has 1 aromatic heterocycles. The maximum atomic E-state index is 10.7. The molecule has 0 radical (unpaired) electrons. The van der Waals surface area contributed by atoms with Crippen LogP contribution < -0.4 is 0 Å². The Morgan fingerprint density at radius 3 is 2.88 bits per heavy atom. The molecule has 0 saturated carbocycles. The van der Waals surface area contributed by atoms with Crippen LogP contribution in [0.1, 0.15) is 25.5 Å². The lowest BCUT2D eigenvalue weighted by atomic mass is 10.1. The topological polar surface area (TPSA) is 55.1 Å². The number of carboxylic acids is 1. The van der Waals surface area contributed by atoms with Crippen LogP contribution in [0.15, 0.2) is 24.4 Å². The van der Waals surface area contributed by atoms with E-state index >= 15 is 0 Å². The zero-order valence-electron chi connectivity index (χ0n) is 9.34. The molecule has 16 heavy (non-hydrogen) atoms. The quantitative estimate of drug-likeness (QED) is 0.859. The number of aromatic nitrogens is 2. The summed E-state index contributed by atoms with van der Waals surface area (Å²) in [6.07, 6.45) is 1.97. The minimum absolute atomic E-state index is 0.0203. The van der Waals surface area contributed by atoms with Gasteiger partial charge in [0.2, 0.25) is 0 Å². The van der Waals surface area contributed by atoms with Crippen LogP contribution in [0.25, 0.3) is 10.9 Å². The maximum absolute atomic E-state index is 10.7. The molecule has 0 aliphatic carbocycles. The lowest BCUT2D eigenvalue weighted by Crippen LogP contribution is -2.02. The first-order valence-electron chi connectivity index (χ1n) is 5.26. The summed E-state index contributed by atoms with van der Waals surface area (Å²) < 4.78 is 1.86. The lowest BCUT2D eigenvalue weighted by molar-refractivity contribution is -0.136. The minimum atomic E-state index is -0.827. The van der Waals surface area contributed by atoms with Gasteiger partial charge in [-0.25, -0.2) is 0 Å². The summed E-state index contributed by atoms with van der Waals surface area (Å²) in [6.45, 7) is 4.09. The van der Waals surface area contributed by atoms with Crippen molar-refractivity contribution in [3.63, 3.8) is 0 Å². The predicted molar refractivity (Wildman–Crippen MR) is 61.5 cm³/mol. The first-order chi connectivity index (χ1) is 7.58. The maximum Gasteiger partial charge on any atom is 0.307 e. The van der Waals surface area contributed by atoms with Crippen LogP contribution in [-0.4, -0.2) is 20.9 Å². The van der Waals surface area contributed by atoms with Gasteiger partial charge in [0, 0.05) is 17.6 Å². The Balaban J connectivity index is 2.54. The Morgan fingerprint density at radius 2 is 2.25 bits per heavy atom. The molecule has 0 aliphatic rings. The van der Waals surface area contributed by atoms with Gasteiger partial charge >= 0.3 is 5.97 Å². The summed E-state index contributed by atoms with van der Waals surface area (Å²) in [6, 6.07) is 5.92. The normalized spacial score (nSPS) is 11.2. The van der Waals surface area contributed by atoms with Crippen molar-refractivity contribution in [2.24, 2.45) is 0 Å². The molecular weight excluding hydrogens is 204 g/mol. The van der Waals surface area contributed by atoms with Gasteiger partial charge in [0.1, 0.15) is 0 Å². The summed E-state index contributed by atoms with van der Waals surface area (Å²) in [5.41, 5.74) is 1.56. The fourth-order valence-corrected chi connectivity index (χ4v) is 1.69. The van der Waals surface area contributed by atoms with Crippen LogP contribution in [0.3, 0.4) is 0 Å². The molecule has 0 unspecified atom stereocenters. The van der Waals surface area contributed by atoms with Gasteiger partial charge in [-0.05, 0) is 19.4 Å². The molecule has 2 rings (SSSR count). The molecule has 2 aromatic rings. The van der Waals surface area contributed by atoms with E-state index in [0.29, 0.717) is 0 Å². The number of hydrogen-bond donors (Lipinski definition) is 1. The molecule has 0 spiro atoms. The molecule has 1 N–H and O–H groups in total. The highest BCUT2D eigenvalue weighted by Crippen LogP contribution is 2.19. The van der Waals surface area contributed by atoms with Crippen LogP contribution in [0, 0.1) is 0 Å². The monoisotopic (exact) mass is 218 g/mol. The number of hydrogen-bond acceptors (Lipinski definition) is 2. The van der Waals surface area contributed by atoms with E-state index in [2.05, 4.69) is 5.10 Å². The zero-order valence-corrected chi connectivity index (χ0v) is 9.34. The molecule has 1 aromatic carbocycles. The van der Waals surface area contributed by atoms with Gasteiger partial charge in [0.05, 0.1) is 11.9 Å². The zero-order chi connectivity index (χ0) is 11.7. The average molecular weight is 218 g/mol. The van der Waals surface area contributed by atoms with Crippen molar-refractivity contribution < 1.29 is 9.90 Å². The Bertz CT molecular complexity index is 529. The number of benzene rings is 1. The third-order valence-electron chi connectivity index (χ3n) is 2.51. The Labute approximate surface area is 93.5 Å². The number of carboxylic acid groups (broad SMARTS) is 1. The summed E-state index contributed by atoms with van der Waals surface area (Å²) in [7, 11) is 0. The van der Waals surface area contributed by atoms with E-state index in [4.69, 9.17) is 5.11 Å². The molecule has 84 valence electrons. The number of nitrogens with zero attached hydrogens (tertiary/aromatic N) is 2. The van der Waals surface area contributed by atoms with Crippen molar-refractivity contribution in [1.29, 1.82) is 0 Å². The summed E-state index contributed by atoms with van der Waals surface area (Å²) in [4.78, 5) is 10.7. The number of carbonyl (C=O) groups is 1. The predicted octanol–water partition coefficient (Wildman–Crippen LogP) is 2.24. The van der Waals surface area contributed by atoms with Crippen LogP contribution in [0.5, 0.6) is 0 Å². The molecule has 0 aliphatic heterocycles. The highest BCUT2D eigenvalue weighted by atomic mass is 16.4. The summed E-state index contributed by atoms with van der Waals surface area (Å²) >= 11 is 0. The first kappa shape index (κ1) is 10.7. The van der Waals surface area contributed by atoms with Gasteiger partial charge in [-0.2, -0.15) is 5.10 Å². The molecule has 0 fully saturated rings. The second-order valence-electron chi connectivity index (χ2n) is 4.13. The SMILES string of the molecule is CC(C)n1cc2cccc(CC(=O)O)c2n1. The van der Waals surface area contributed by atoms with Crippen molar-refractivity contribution >= 4 is 16.9 Å². The van der Waals surface area contributed by atoms with Crippen LogP contribution in [0.4, 0.5) is 0 Å². The third kappa shape index (κ3) is 1.91. The molecule has 4 nitrogen and oxygen atoms in total. The molecule has 4 heteroatoms. The van der Waals surface area contributed by atoms with Crippen molar-refractivity contribution in [3.8, 4) is 0 Å². The van der Waals surface area contributed by atoms with Gasteiger partial charge in [0.25, 0.3) is 0 Å². The fraction of sp³-hybridized carbons (Fsp3) is 0.333. The number of rotatable bonds is 3. The van der Waals surface area contributed by atoms with Crippen LogP contribution in [-0.2, 0) is 11.2 Å². The third-order valence-corrected chi connectivity index (χ3v) is 2.51. The van der Waals surface area contributed by atoms with Gasteiger partial charge < -0.3 is 5.11 Å². The highest BCUT2D eigenvalue weighted by Gasteiger charge is 2.09. The van der Waals surface area contributed by atoms with E-state index in [0.717, 1.165) is 16.5 Å². The molecule has 0 bridgehead atoms. The number of fused-ring (bicyclic) bond motifs is 1. The van der Waals surface area contributed by atoms with Gasteiger partial charge in [0.15, 0.2) is 0 Å². The Hall–Kier alpha value is -1.84. The first-order valence-corrected chi connectivity index (χ1v) is 5.26. The average Bonchev–Trinajstić information content (AvgIpc) is 2.61. The van der Waals surface area contributed by atoms with E-state index in [-0.39, 0.29) is 12.5 Å². The van der Waals surface area contributed by atoms with E-state index in [1.807, 2.05) is 42.9 Å². The standard InChI is InChI=1S/C12H14N2O2/c1-8(2)14-7-10-5-3-4-9(6-11(15)16)12(10)13-14/h3-5,7-8H,6H2,1-2H3,(H,15,16).